The number of aromatic nitrogens is 2. The SMILES string of the molecule is O=C(Nc1ccc(-c2cccnc2)nc1)c1ccc(F)cc1. The van der Waals surface area contributed by atoms with Crippen LogP contribution in [-0.2, 0) is 0 Å². The average molecular weight is 293 g/mol. The number of rotatable bonds is 3. The molecule has 3 rings (SSSR count). The van der Waals surface area contributed by atoms with Crippen LogP contribution in [0.3, 0.4) is 0 Å². The van der Waals surface area contributed by atoms with Crippen molar-refractivity contribution < 1.29 is 9.18 Å². The summed E-state index contributed by atoms with van der Waals surface area (Å²) >= 11 is 0. The van der Waals surface area contributed by atoms with Gasteiger partial charge in [-0.15, -0.1) is 0 Å². The predicted octanol–water partition coefficient (Wildman–Crippen LogP) is 3.54. The third-order valence-corrected chi connectivity index (χ3v) is 3.09. The standard InChI is InChI=1S/C17H12FN3O/c18-14-5-3-12(4-6-14)17(22)21-15-7-8-16(20-11-15)13-2-1-9-19-10-13/h1-11H,(H,21,22). The van der Waals surface area contributed by atoms with Crippen LogP contribution in [0.5, 0.6) is 0 Å². The van der Waals surface area contributed by atoms with Gasteiger partial charge in [-0.3, -0.25) is 14.8 Å². The van der Waals surface area contributed by atoms with E-state index in [0.29, 0.717) is 11.3 Å². The number of hydrogen-bond donors (Lipinski definition) is 1. The average Bonchev–Trinajstić information content (AvgIpc) is 2.57. The maximum atomic E-state index is 12.8. The predicted molar refractivity (Wildman–Crippen MR) is 81.8 cm³/mol. The largest absolute Gasteiger partial charge is 0.321 e. The Morgan fingerprint density at radius 2 is 1.82 bits per heavy atom. The molecule has 1 aromatic carbocycles. The van der Waals surface area contributed by atoms with Gasteiger partial charge in [0.05, 0.1) is 17.6 Å². The molecule has 3 aromatic rings. The van der Waals surface area contributed by atoms with Gasteiger partial charge in [-0.25, -0.2) is 4.39 Å². The number of halogens is 1. The highest BCUT2D eigenvalue weighted by molar-refractivity contribution is 6.04. The van der Waals surface area contributed by atoms with Crippen LogP contribution in [0.2, 0.25) is 0 Å². The van der Waals surface area contributed by atoms with Crippen molar-refractivity contribution in [2.24, 2.45) is 0 Å². The number of pyridine rings is 2. The quantitative estimate of drug-likeness (QED) is 0.803. The molecular weight excluding hydrogens is 281 g/mol. The van der Waals surface area contributed by atoms with E-state index >= 15 is 0 Å². The summed E-state index contributed by atoms with van der Waals surface area (Å²) < 4.78 is 12.8. The smallest absolute Gasteiger partial charge is 0.255 e. The molecule has 0 radical (unpaired) electrons. The zero-order valence-electron chi connectivity index (χ0n) is 11.5. The van der Waals surface area contributed by atoms with E-state index < -0.39 is 0 Å². The summed E-state index contributed by atoms with van der Waals surface area (Å²) in [5, 5.41) is 2.72. The second-order valence-corrected chi connectivity index (χ2v) is 4.63. The lowest BCUT2D eigenvalue weighted by Crippen LogP contribution is -2.11. The third kappa shape index (κ3) is 3.15. The Labute approximate surface area is 126 Å². The summed E-state index contributed by atoms with van der Waals surface area (Å²) in [6.45, 7) is 0. The van der Waals surface area contributed by atoms with Crippen molar-refractivity contribution in [2.45, 2.75) is 0 Å². The first-order valence-electron chi connectivity index (χ1n) is 6.66. The number of hydrogen-bond acceptors (Lipinski definition) is 3. The van der Waals surface area contributed by atoms with Crippen LogP contribution >= 0.6 is 0 Å². The zero-order valence-corrected chi connectivity index (χ0v) is 11.5. The van der Waals surface area contributed by atoms with Crippen LogP contribution in [0.15, 0.2) is 67.1 Å². The number of amides is 1. The van der Waals surface area contributed by atoms with E-state index in [-0.39, 0.29) is 11.7 Å². The van der Waals surface area contributed by atoms with Gasteiger partial charge in [0, 0.05) is 23.5 Å². The Bertz CT molecular complexity index is 771. The molecule has 5 heteroatoms. The van der Waals surface area contributed by atoms with E-state index in [2.05, 4.69) is 15.3 Å². The molecule has 1 amide bonds. The Kier molecular flexibility index (Phi) is 3.87. The van der Waals surface area contributed by atoms with Gasteiger partial charge in [0.1, 0.15) is 5.82 Å². The molecule has 0 unspecified atom stereocenters. The fourth-order valence-electron chi connectivity index (χ4n) is 1.96. The van der Waals surface area contributed by atoms with Gasteiger partial charge in [0.25, 0.3) is 5.91 Å². The minimum Gasteiger partial charge on any atom is -0.321 e. The molecule has 2 heterocycles. The first kappa shape index (κ1) is 13.9. The molecule has 4 nitrogen and oxygen atoms in total. The summed E-state index contributed by atoms with van der Waals surface area (Å²) in [6.07, 6.45) is 4.99. The molecule has 0 aliphatic rings. The second kappa shape index (κ2) is 6.13. The van der Waals surface area contributed by atoms with Gasteiger partial charge in [0.15, 0.2) is 0 Å². The van der Waals surface area contributed by atoms with E-state index in [0.717, 1.165) is 11.3 Å². The highest BCUT2D eigenvalue weighted by atomic mass is 19.1. The van der Waals surface area contributed by atoms with Crippen molar-refractivity contribution >= 4 is 11.6 Å². The van der Waals surface area contributed by atoms with Gasteiger partial charge in [-0.05, 0) is 48.5 Å². The van der Waals surface area contributed by atoms with Crippen LogP contribution in [0.1, 0.15) is 10.4 Å². The van der Waals surface area contributed by atoms with Crippen LogP contribution in [0.25, 0.3) is 11.3 Å². The van der Waals surface area contributed by atoms with Gasteiger partial charge >= 0.3 is 0 Å². The van der Waals surface area contributed by atoms with Crippen molar-refractivity contribution in [1.82, 2.24) is 9.97 Å². The number of anilines is 1. The molecule has 2 aromatic heterocycles. The first-order chi connectivity index (χ1) is 10.7. The minimum atomic E-state index is -0.376. The maximum Gasteiger partial charge on any atom is 0.255 e. The molecule has 0 fully saturated rings. The van der Waals surface area contributed by atoms with Crippen LogP contribution < -0.4 is 5.32 Å². The molecule has 0 aliphatic carbocycles. The number of benzene rings is 1. The van der Waals surface area contributed by atoms with E-state index in [1.807, 2.05) is 12.1 Å². The molecule has 0 spiro atoms. The number of nitrogens with one attached hydrogen (secondary N) is 1. The molecule has 108 valence electrons. The second-order valence-electron chi connectivity index (χ2n) is 4.63. The lowest BCUT2D eigenvalue weighted by atomic mass is 10.2. The normalized spacial score (nSPS) is 10.2. The van der Waals surface area contributed by atoms with Crippen LogP contribution in [0, 0.1) is 5.82 Å². The summed E-state index contributed by atoms with van der Waals surface area (Å²) in [4.78, 5) is 20.3. The van der Waals surface area contributed by atoms with E-state index in [1.165, 1.54) is 24.3 Å². The van der Waals surface area contributed by atoms with Crippen molar-refractivity contribution in [3.63, 3.8) is 0 Å². The molecular formula is C17H12FN3O. The summed E-state index contributed by atoms with van der Waals surface area (Å²) in [5.74, 6) is -0.685. The summed E-state index contributed by atoms with van der Waals surface area (Å²) in [5.41, 5.74) is 2.63. The minimum absolute atomic E-state index is 0.309. The molecule has 0 bridgehead atoms. The highest BCUT2D eigenvalue weighted by Gasteiger charge is 2.07. The van der Waals surface area contributed by atoms with Crippen molar-refractivity contribution in [3.05, 3.63) is 78.5 Å². The first-order valence-corrected chi connectivity index (χ1v) is 6.66. The molecule has 0 atom stereocenters. The lowest BCUT2D eigenvalue weighted by Gasteiger charge is -2.06. The van der Waals surface area contributed by atoms with E-state index in [1.54, 1.807) is 30.7 Å². The lowest BCUT2D eigenvalue weighted by molar-refractivity contribution is 0.102. The molecule has 0 saturated carbocycles. The Morgan fingerprint density at radius 1 is 1.00 bits per heavy atom. The topological polar surface area (TPSA) is 54.9 Å². The summed E-state index contributed by atoms with van der Waals surface area (Å²) in [7, 11) is 0. The Hall–Kier alpha value is -3.08. The van der Waals surface area contributed by atoms with Crippen LogP contribution in [-0.4, -0.2) is 15.9 Å². The van der Waals surface area contributed by atoms with E-state index in [4.69, 9.17) is 0 Å². The molecule has 22 heavy (non-hydrogen) atoms. The number of carbonyl (C=O) groups is 1. The van der Waals surface area contributed by atoms with Gasteiger partial charge in [-0.1, -0.05) is 0 Å². The maximum absolute atomic E-state index is 12.8. The fourth-order valence-corrected chi connectivity index (χ4v) is 1.96. The van der Waals surface area contributed by atoms with E-state index in [9.17, 15) is 9.18 Å². The van der Waals surface area contributed by atoms with Crippen molar-refractivity contribution in [2.75, 3.05) is 5.32 Å². The van der Waals surface area contributed by atoms with Gasteiger partial charge in [-0.2, -0.15) is 0 Å². The van der Waals surface area contributed by atoms with Crippen molar-refractivity contribution in [1.29, 1.82) is 0 Å². The fraction of sp³-hybridized carbons (Fsp3) is 0. The number of carbonyl (C=O) groups excluding carboxylic acids is 1. The third-order valence-electron chi connectivity index (χ3n) is 3.09. The van der Waals surface area contributed by atoms with Gasteiger partial charge < -0.3 is 5.32 Å². The zero-order chi connectivity index (χ0) is 15.4. The summed E-state index contributed by atoms with van der Waals surface area (Å²) in [6, 6.07) is 12.7. The Balaban J connectivity index is 1.73. The van der Waals surface area contributed by atoms with Crippen LogP contribution in [0.4, 0.5) is 10.1 Å². The monoisotopic (exact) mass is 293 g/mol. The van der Waals surface area contributed by atoms with Gasteiger partial charge in [0.2, 0.25) is 0 Å². The highest BCUT2D eigenvalue weighted by Crippen LogP contribution is 2.17. The Morgan fingerprint density at radius 3 is 2.45 bits per heavy atom. The van der Waals surface area contributed by atoms with Crippen molar-refractivity contribution in [3.8, 4) is 11.3 Å². The molecule has 1 N–H and O–H groups in total. The molecule has 0 saturated heterocycles. The molecule has 0 aliphatic heterocycles. The number of nitrogens with zero attached hydrogens (tertiary/aromatic N) is 2.